The molecule has 0 spiro atoms. The Morgan fingerprint density at radius 2 is 1.87 bits per heavy atom. The monoisotopic (exact) mass is 438 g/mol. The highest BCUT2D eigenvalue weighted by atomic mass is 32.2. The fourth-order valence-electron chi connectivity index (χ4n) is 3.88. The first kappa shape index (κ1) is 21.5. The van der Waals surface area contributed by atoms with Crippen molar-refractivity contribution in [2.75, 3.05) is 13.2 Å². The molecule has 4 rings (SSSR count). The number of hydrogen-bond acceptors (Lipinski definition) is 4. The van der Waals surface area contributed by atoms with Crippen molar-refractivity contribution in [1.29, 1.82) is 0 Å². The molecule has 0 saturated carbocycles. The maximum absolute atomic E-state index is 12.9. The molecule has 0 aromatic heterocycles. The highest BCUT2D eigenvalue weighted by molar-refractivity contribution is 7.89. The van der Waals surface area contributed by atoms with Crippen molar-refractivity contribution >= 4 is 26.7 Å². The predicted octanol–water partition coefficient (Wildman–Crippen LogP) is 3.79. The third-order valence-corrected chi connectivity index (χ3v) is 6.99. The van der Waals surface area contributed by atoms with Crippen LogP contribution < -0.4 is 10.0 Å². The minimum absolute atomic E-state index is 0.0657. The fourth-order valence-corrected chi connectivity index (χ4v) is 4.99. The molecule has 0 aliphatic carbocycles. The molecule has 7 heteroatoms. The molecule has 1 amide bonds. The van der Waals surface area contributed by atoms with Crippen LogP contribution in [0.25, 0.3) is 10.8 Å². The number of ether oxygens (including phenoxy) is 1. The van der Waals surface area contributed by atoms with Gasteiger partial charge in [0.2, 0.25) is 10.0 Å². The molecule has 2 atom stereocenters. The van der Waals surface area contributed by atoms with E-state index in [-0.39, 0.29) is 29.5 Å². The van der Waals surface area contributed by atoms with E-state index in [0.29, 0.717) is 12.2 Å². The van der Waals surface area contributed by atoms with Gasteiger partial charge in [-0.05, 0) is 54.3 Å². The van der Waals surface area contributed by atoms with E-state index in [1.165, 1.54) is 12.1 Å². The topological polar surface area (TPSA) is 84.5 Å². The summed E-state index contributed by atoms with van der Waals surface area (Å²) in [6, 6.07) is 19.9. The number of amides is 1. The van der Waals surface area contributed by atoms with E-state index in [1.807, 2.05) is 49.4 Å². The van der Waals surface area contributed by atoms with Crippen molar-refractivity contribution in [3.8, 4) is 0 Å². The summed E-state index contributed by atoms with van der Waals surface area (Å²) in [5.74, 6) is -0.323. The summed E-state index contributed by atoms with van der Waals surface area (Å²) in [6.07, 6.45) is 1.69. The predicted molar refractivity (Wildman–Crippen MR) is 120 cm³/mol. The van der Waals surface area contributed by atoms with Crippen molar-refractivity contribution < 1.29 is 17.9 Å². The number of carbonyl (C=O) groups excluding carboxylic acids is 1. The second-order valence-electron chi connectivity index (χ2n) is 7.78. The molecule has 31 heavy (non-hydrogen) atoms. The van der Waals surface area contributed by atoms with Gasteiger partial charge in [-0.2, -0.15) is 0 Å². The summed E-state index contributed by atoms with van der Waals surface area (Å²) in [6.45, 7) is 2.82. The number of fused-ring (bicyclic) bond motifs is 1. The summed E-state index contributed by atoms with van der Waals surface area (Å²) in [5, 5.41) is 5.17. The number of hydrogen-bond donors (Lipinski definition) is 2. The summed E-state index contributed by atoms with van der Waals surface area (Å²) in [7, 11) is -3.72. The van der Waals surface area contributed by atoms with Gasteiger partial charge in [0.1, 0.15) is 0 Å². The Morgan fingerprint density at radius 1 is 1.10 bits per heavy atom. The van der Waals surface area contributed by atoms with Gasteiger partial charge in [-0.15, -0.1) is 0 Å². The standard InChI is InChI=1S/C24H26N2O4S/c1-17(22-13-5-8-18-7-2-3-12-23(18)22)26-24(27)19-9-4-11-21(15-19)31(28,29)25-16-20-10-6-14-30-20/h2-5,7-9,11-13,15,17,20,25H,6,10,14,16H2,1H3,(H,26,27)/t17-,20-/m0/s1. The van der Waals surface area contributed by atoms with Gasteiger partial charge in [0.25, 0.3) is 5.91 Å². The molecule has 1 saturated heterocycles. The van der Waals surface area contributed by atoms with Crippen molar-refractivity contribution in [2.45, 2.75) is 36.8 Å². The molecule has 162 valence electrons. The van der Waals surface area contributed by atoms with E-state index >= 15 is 0 Å². The van der Waals surface area contributed by atoms with Crippen LogP contribution in [-0.4, -0.2) is 33.6 Å². The number of rotatable bonds is 7. The van der Waals surface area contributed by atoms with Crippen LogP contribution >= 0.6 is 0 Å². The molecule has 3 aromatic carbocycles. The van der Waals surface area contributed by atoms with Crippen molar-refractivity contribution in [2.24, 2.45) is 0 Å². The van der Waals surface area contributed by atoms with Gasteiger partial charge in [0.05, 0.1) is 17.0 Å². The number of nitrogens with one attached hydrogen (secondary N) is 2. The molecule has 1 aliphatic rings. The number of sulfonamides is 1. The fraction of sp³-hybridized carbons (Fsp3) is 0.292. The van der Waals surface area contributed by atoms with Crippen LogP contribution in [0.15, 0.2) is 71.6 Å². The Labute approximate surface area is 182 Å². The minimum atomic E-state index is -3.72. The normalized spacial score (nSPS) is 17.5. The van der Waals surface area contributed by atoms with Crippen molar-refractivity contribution in [1.82, 2.24) is 10.0 Å². The quantitative estimate of drug-likeness (QED) is 0.588. The van der Waals surface area contributed by atoms with E-state index in [1.54, 1.807) is 12.1 Å². The lowest BCUT2D eigenvalue weighted by Gasteiger charge is -2.17. The maximum Gasteiger partial charge on any atom is 0.251 e. The lowest BCUT2D eigenvalue weighted by Crippen LogP contribution is -2.32. The van der Waals surface area contributed by atoms with E-state index in [9.17, 15) is 13.2 Å². The molecule has 2 N–H and O–H groups in total. The first-order valence-corrected chi connectivity index (χ1v) is 11.9. The van der Waals surface area contributed by atoms with E-state index in [2.05, 4.69) is 10.0 Å². The van der Waals surface area contributed by atoms with Gasteiger partial charge >= 0.3 is 0 Å². The van der Waals surface area contributed by atoms with Crippen LogP contribution in [0.1, 0.15) is 41.7 Å². The second-order valence-corrected chi connectivity index (χ2v) is 9.55. The highest BCUT2D eigenvalue weighted by Crippen LogP contribution is 2.24. The lowest BCUT2D eigenvalue weighted by atomic mass is 9.99. The SMILES string of the molecule is C[C@H](NC(=O)c1cccc(S(=O)(=O)NC[C@@H]2CCCO2)c1)c1cccc2ccccc12. The molecule has 0 bridgehead atoms. The Morgan fingerprint density at radius 3 is 2.68 bits per heavy atom. The van der Waals surface area contributed by atoms with Crippen LogP contribution in [0.4, 0.5) is 0 Å². The molecular weight excluding hydrogens is 412 g/mol. The van der Waals surface area contributed by atoms with Crippen LogP contribution in [0.5, 0.6) is 0 Å². The summed E-state index contributed by atoms with van der Waals surface area (Å²) < 4.78 is 33.4. The van der Waals surface area contributed by atoms with Crippen LogP contribution in [0.3, 0.4) is 0 Å². The molecule has 0 unspecified atom stereocenters. The van der Waals surface area contributed by atoms with Gasteiger partial charge in [0, 0.05) is 18.7 Å². The summed E-state index contributed by atoms with van der Waals surface area (Å²) >= 11 is 0. The average Bonchev–Trinajstić information content (AvgIpc) is 3.31. The molecule has 3 aromatic rings. The second kappa shape index (κ2) is 9.18. The van der Waals surface area contributed by atoms with Crippen molar-refractivity contribution in [3.63, 3.8) is 0 Å². The maximum atomic E-state index is 12.9. The van der Waals surface area contributed by atoms with Gasteiger partial charge in [0.15, 0.2) is 0 Å². The van der Waals surface area contributed by atoms with Crippen LogP contribution in [-0.2, 0) is 14.8 Å². The van der Waals surface area contributed by atoms with E-state index in [0.717, 1.165) is 29.2 Å². The molecule has 1 fully saturated rings. The average molecular weight is 439 g/mol. The van der Waals surface area contributed by atoms with E-state index < -0.39 is 10.0 Å². The molecule has 1 aliphatic heterocycles. The zero-order valence-electron chi connectivity index (χ0n) is 17.4. The Hall–Kier alpha value is -2.74. The molecule has 1 heterocycles. The van der Waals surface area contributed by atoms with Gasteiger partial charge in [-0.25, -0.2) is 13.1 Å². The van der Waals surface area contributed by atoms with Gasteiger partial charge in [-0.3, -0.25) is 4.79 Å². The summed E-state index contributed by atoms with van der Waals surface area (Å²) in [5.41, 5.74) is 1.31. The number of carbonyl (C=O) groups is 1. The lowest BCUT2D eigenvalue weighted by molar-refractivity contribution is 0.0940. The van der Waals surface area contributed by atoms with Gasteiger partial charge in [-0.1, -0.05) is 48.5 Å². The third-order valence-electron chi connectivity index (χ3n) is 5.57. The smallest absolute Gasteiger partial charge is 0.251 e. The first-order chi connectivity index (χ1) is 14.9. The van der Waals surface area contributed by atoms with E-state index in [4.69, 9.17) is 4.74 Å². The van der Waals surface area contributed by atoms with Crippen molar-refractivity contribution in [3.05, 3.63) is 77.9 Å². The first-order valence-electron chi connectivity index (χ1n) is 10.4. The third kappa shape index (κ3) is 4.95. The minimum Gasteiger partial charge on any atom is -0.377 e. The number of benzene rings is 3. The summed E-state index contributed by atoms with van der Waals surface area (Å²) in [4.78, 5) is 12.9. The Kier molecular flexibility index (Phi) is 6.36. The molecular formula is C24H26N2O4S. The highest BCUT2D eigenvalue weighted by Gasteiger charge is 2.21. The largest absolute Gasteiger partial charge is 0.377 e. The molecule has 6 nitrogen and oxygen atoms in total. The zero-order chi connectivity index (χ0) is 21.8. The van der Waals surface area contributed by atoms with Crippen LogP contribution in [0.2, 0.25) is 0 Å². The molecule has 0 radical (unpaired) electrons. The Bertz CT molecular complexity index is 1180. The Balaban J connectivity index is 1.48. The zero-order valence-corrected chi connectivity index (χ0v) is 18.2. The van der Waals surface area contributed by atoms with Crippen LogP contribution in [0, 0.1) is 0 Å². The van der Waals surface area contributed by atoms with Gasteiger partial charge < -0.3 is 10.1 Å².